The lowest BCUT2D eigenvalue weighted by atomic mass is 10.0. The van der Waals surface area contributed by atoms with Crippen LogP contribution >= 0.6 is 15.9 Å². The number of hydrogen-bond donors (Lipinski definition) is 1. The lowest BCUT2D eigenvalue weighted by Crippen LogP contribution is -2.03. The molecule has 1 aromatic carbocycles. The lowest BCUT2D eigenvalue weighted by Gasteiger charge is -2.11. The van der Waals surface area contributed by atoms with Gasteiger partial charge in [-0.15, -0.1) is 0 Å². The van der Waals surface area contributed by atoms with E-state index in [0.717, 1.165) is 21.4 Å². The first-order valence-electron chi connectivity index (χ1n) is 5.66. The topological polar surface area (TPSA) is 33.4 Å². The molecule has 1 atom stereocenters. The van der Waals surface area contributed by atoms with Crippen LogP contribution in [0.5, 0.6) is 0 Å². The zero-order valence-electron chi connectivity index (χ0n) is 10.2. The van der Waals surface area contributed by atoms with Crippen molar-refractivity contribution in [2.75, 3.05) is 0 Å². The minimum Gasteiger partial charge on any atom is -0.466 e. The molecule has 0 saturated heterocycles. The van der Waals surface area contributed by atoms with E-state index < -0.39 is 6.10 Å². The zero-order chi connectivity index (χ0) is 13.3. The maximum atomic E-state index is 13.2. The van der Waals surface area contributed by atoms with Crippen molar-refractivity contribution >= 4 is 15.9 Å². The Kier molecular flexibility index (Phi) is 3.88. The van der Waals surface area contributed by atoms with Crippen molar-refractivity contribution in [2.45, 2.75) is 26.4 Å². The third-order valence-corrected chi connectivity index (χ3v) is 3.63. The summed E-state index contributed by atoms with van der Waals surface area (Å²) in [5, 5.41) is 10.2. The molecule has 0 spiro atoms. The minimum absolute atomic E-state index is 0.305. The summed E-state index contributed by atoms with van der Waals surface area (Å²) in [6, 6.07) is 6.26. The maximum Gasteiger partial charge on any atom is 0.123 e. The van der Waals surface area contributed by atoms with Gasteiger partial charge < -0.3 is 9.52 Å². The molecule has 1 aromatic heterocycles. The summed E-state index contributed by atoms with van der Waals surface area (Å²) >= 11 is 3.35. The number of benzene rings is 1. The Balaban J connectivity index is 2.23. The van der Waals surface area contributed by atoms with E-state index in [0.29, 0.717) is 12.2 Å². The molecule has 0 fully saturated rings. The molecule has 2 rings (SSSR count). The van der Waals surface area contributed by atoms with Crippen LogP contribution in [0.25, 0.3) is 0 Å². The molecule has 2 nitrogen and oxygen atoms in total. The quantitative estimate of drug-likeness (QED) is 0.926. The van der Waals surface area contributed by atoms with Gasteiger partial charge in [0.15, 0.2) is 0 Å². The highest BCUT2D eigenvalue weighted by molar-refractivity contribution is 9.10. The van der Waals surface area contributed by atoms with Crippen LogP contribution in [0.3, 0.4) is 0 Å². The van der Waals surface area contributed by atoms with E-state index in [4.69, 9.17) is 4.42 Å². The van der Waals surface area contributed by atoms with Crippen LogP contribution in [0.15, 0.2) is 33.2 Å². The third kappa shape index (κ3) is 2.82. The van der Waals surface area contributed by atoms with Gasteiger partial charge in [-0.2, -0.15) is 0 Å². The van der Waals surface area contributed by atoms with E-state index in [1.807, 2.05) is 19.9 Å². The highest BCUT2D eigenvalue weighted by Crippen LogP contribution is 2.27. The summed E-state index contributed by atoms with van der Waals surface area (Å²) in [7, 11) is 0. The molecule has 0 amide bonds. The van der Waals surface area contributed by atoms with Crippen molar-refractivity contribution in [2.24, 2.45) is 0 Å². The summed E-state index contributed by atoms with van der Waals surface area (Å²) in [6.45, 7) is 3.65. The second kappa shape index (κ2) is 5.24. The molecule has 0 aliphatic carbocycles. The van der Waals surface area contributed by atoms with Gasteiger partial charge in [0.1, 0.15) is 17.3 Å². The molecule has 4 heteroatoms. The number of rotatable bonds is 3. The Hall–Kier alpha value is -1.13. The Morgan fingerprint density at radius 2 is 2.06 bits per heavy atom. The van der Waals surface area contributed by atoms with E-state index in [9.17, 15) is 9.50 Å². The normalized spacial score (nSPS) is 12.7. The van der Waals surface area contributed by atoms with Gasteiger partial charge in [0.25, 0.3) is 0 Å². The van der Waals surface area contributed by atoms with Crippen LogP contribution in [0.1, 0.15) is 28.8 Å². The molecule has 0 radical (unpaired) electrons. The van der Waals surface area contributed by atoms with Gasteiger partial charge in [0.05, 0.1) is 6.10 Å². The van der Waals surface area contributed by atoms with Gasteiger partial charge in [-0.1, -0.05) is 15.9 Å². The summed E-state index contributed by atoms with van der Waals surface area (Å²) in [4.78, 5) is 0. The van der Waals surface area contributed by atoms with Gasteiger partial charge in [0.2, 0.25) is 0 Å². The molecule has 2 aromatic rings. The highest BCUT2D eigenvalue weighted by atomic mass is 79.9. The summed E-state index contributed by atoms with van der Waals surface area (Å²) in [5.41, 5.74) is 1.49. The molecule has 1 N–H and O–H groups in total. The average Bonchev–Trinajstić information content (AvgIpc) is 2.63. The molecule has 1 unspecified atom stereocenters. The Morgan fingerprint density at radius 3 is 2.67 bits per heavy atom. The van der Waals surface area contributed by atoms with Crippen molar-refractivity contribution < 1.29 is 13.9 Å². The first-order valence-corrected chi connectivity index (χ1v) is 6.45. The van der Waals surface area contributed by atoms with E-state index in [-0.39, 0.29) is 5.82 Å². The second-order valence-electron chi connectivity index (χ2n) is 4.32. The average molecular weight is 313 g/mol. The van der Waals surface area contributed by atoms with Crippen LogP contribution in [-0.4, -0.2) is 5.11 Å². The first kappa shape index (κ1) is 13.3. The van der Waals surface area contributed by atoms with E-state index in [2.05, 4.69) is 15.9 Å². The smallest absolute Gasteiger partial charge is 0.123 e. The van der Waals surface area contributed by atoms with Gasteiger partial charge in [0, 0.05) is 16.5 Å². The monoisotopic (exact) mass is 312 g/mol. The molecule has 0 saturated carbocycles. The number of furan rings is 1. The summed E-state index contributed by atoms with van der Waals surface area (Å²) in [5.74, 6) is 1.16. The number of aryl methyl sites for hydroxylation is 2. The molecule has 0 aliphatic heterocycles. The van der Waals surface area contributed by atoms with Crippen LogP contribution in [-0.2, 0) is 6.42 Å². The van der Waals surface area contributed by atoms with Gasteiger partial charge in [-0.3, -0.25) is 0 Å². The van der Waals surface area contributed by atoms with Crippen LogP contribution in [0.2, 0.25) is 0 Å². The summed E-state index contributed by atoms with van der Waals surface area (Å²) < 4.78 is 19.3. The van der Waals surface area contributed by atoms with Gasteiger partial charge in [-0.05, 0) is 43.7 Å². The number of halogens is 2. The minimum atomic E-state index is -0.694. The van der Waals surface area contributed by atoms with Crippen molar-refractivity contribution in [3.05, 3.63) is 57.2 Å². The van der Waals surface area contributed by atoms with Crippen molar-refractivity contribution in [1.29, 1.82) is 0 Å². The van der Waals surface area contributed by atoms with Crippen molar-refractivity contribution in [3.8, 4) is 0 Å². The van der Waals surface area contributed by atoms with Crippen LogP contribution < -0.4 is 0 Å². The van der Waals surface area contributed by atoms with E-state index >= 15 is 0 Å². The Morgan fingerprint density at radius 1 is 1.33 bits per heavy atom. The molecule has 0 aliphatic rings. The predicted molar refractivity (Wildman–Crippen MR) is 70.9 cm³/mol. The van der Waals surface area contributed by atoms with E-state index in [1.54, 1.807) is 6.07 Å². The van der Waals surface area contributed by atoms with Crippen molar-refractivity contribution in [3.63, 3.8) is 0 Å². The number of hydrogen-bond acceptors (Lipinski definition) is 2. The van der Waals surface area contributed by atoms with E-state index in [1.165, 1.54) is 12.1 Å². The molecular weight excluding hydrogens is 299 g/mol. The summed E-state index contributed by atoms with van der Waals surface area (Å²) in [6.07, 6.45) is -0.349. The largest absolute Gasteiger partial charge is 0.466 e. The molecule has 1 heterocycles. The van der Waals surface area contributed by atoms with Gasteiger partial charge in [-0.25, -0.2) is 4.39 Å². The molecular formula is C14H14BrFO2. The Labute approximate surface area is 114 Å². The van der Waals surface area contributed by atoms with Gasteiger partial charge >= 0.3 is 0 Å². The first-order chi connectivity index (χ1) is 8.47. The molecule has 18 heavy (non-hydrogen) atoms. The zero-order valence-corrected chi connectivity index (χ0v) is 11.8. The predicted octanol–water partition coefficient (Wildman–Crippen LogP) is 4.07. The SMILES string of the molecule is Cc1cc(C(O)Cc2cc(F)ccc2Br)c(C)o1. The fraction of sp³-hybridized carbons (Fsp3) is 0.286. The number of aliphatic hydroxyl groups is 1. The van der Waals surface area contributed by atoms with Crippen molar-refractivity contribution in [1.82, 2.24) is 0 Å². The second-order valence-corrected chi connectivity index (χ2v) is 5.18. The Bertz CT molecular complexity index is 563. The standard InChI is InChI=1S/C14H14BrFO2/c1-8-5-12(9(2)18-8)14(17)7-10-6-11(16)3-4-13(10)15/h3-6,14,17H,7H2,1-2H3. The number of aliphatic hydroxyl groups excluding tert-OH is 1. The molecule has 96 valence electrons. The highest BCUT2D eigenvalue weighted by Gasteiger charge is 2.16. The van der Waals surface area contributed by atoms with Crippen LogP contribution in [0, 0.1) is 19.7 Å². The molecule has 0 bridgehead atoms. The fourth-order valence-corrected chi connectivity index (χ4v) is 2.41. The third-order valence-electron chi connectivity index (χ3n) is 2.86. The lowest BCUT2D eigenvalue weighted by molar-refractivity contribution is 0.176. The maximum absolute atomic E-state index is 13.2. The van der Waals surface area contributed by atoms with Crippen LogP contribution in [0.4, 0.5) is 4.39 Å². The fourth-order valence-electron chi connectivity index (χ4n) is 2.00.